The van der Waals surface area contributed by atoms with E-state index in [1.165, 1.54) is 6.92 Å². The van der Waals surface area contributed by atoms with Crippen LogP contribution in [0.3, 0.4) is 0 Å². The third kappa shape index (κ3) is 2.25. The molecule has 0 spiro atoms. The molecule has 2 unspecified atom stereocenters. The Bertz CT molecular complexity index is 485. The van der Waals surface area contributed by atoms with Crippen molar-refractivity contribution in [2.24, 2.45) is 10.8 Å². The number of rotatable bonds is 4. The third-order valence-corrected chi connectivity index (χ3v) is 4.62. The summed E-state index contributed by atoms with van der Waals surface area (Å²) in [7, 11) is 0. The number of likely N-dealkylation sites (tertiary alicyclic amines) is 2. The Morgan fingerprint density at radius 1 is 0.952 bits per heavy atom. The molecule has 0 saturated carbocycles. The maximum absolute atomic E-state index is 12.3. The third-order valence-electron chi connectivity index (χ3n) is 4.62. The predicted octanol–water partition coefficient (Wildman–Crippen LogP) is -0.123. The first-order valence-electron chi connectivity index (χ1n) is 6.99. The number of carbonyl (C=O) groups excluding carboxylic acids is 4. The Labute approximate surface area is 122 Å². The number of carbonyl (C=O) groups is 4. The molecule has 0 aliphatic carbocycles. The number of amides is 4. The van der Waals surface area contributed by atoms with Crippen molar-refractivity contribution in [2.45, 2.75) is 40.0 Å². The molecule has 2 atom stereocenters. The van der Waals surface area contributed by atoms with Gasteiger partial charge < -0.3 is 5.11 Å². The van der Waals surface area contributed by atoms with E-state index in [0.29, 0.717) is 6.42 Å². The highest BCUT2D eigenvalue weighted by Crippen LogP contribution is 2.37. The van der Waals surface area contributed by atoms with E-state index in [0.717, 1.165) is 9.80 Å². The van der Waals surface area contributed by atoms with Gasteiger partial charge in [-0.15, -0.1) is 0 Å². The van der Waals surface area contributed by atoms with Crippen LogP contribution in [0, 0.1) is 10.8 Å². The summed E-state index contributed by atoms with van der Waals surface area (Å²) in [6.45, 7) is 4.24. The zero-order valence-corrected chi connectivity index (χ0v) is 12.5. The largest absolute Gasteiger partial charge is 0.395 e. The van der Waals surface area contributed by atoms with Gasteiger partial charge in [0.15, 0.2) is 0 Å². The Morgan fingerprint density at radius 2 is 1.38 bits per heavy atom. The number of hydrogen-bond acceptors (Lipinski definition) is 5. The molecule has 7 heteroatoms. The van der Waals surface area contributed by atoms with Gasteiger partial charge in [0.05, 0.1) is 17.4 Å². The zero-order valence-electron chi connectivity index (χ0n) is 12.5. The highest BCUT2D eigenvalue weighted by atomic mass is 16.3. The van der Waals surface area contributed by atoms with Crippen molar-refractivity contribution >= 4 is 23.6 Å². The Kier molecular flexibility index (Phi) is 3.65. The molecule has 2 aliphatic heterocycles. The van der Waals surface area contributed by atoms with E-state index in [1.807, 2.05) is 6.92 Å². The van der Waals surface area contributed by atoms with Gasteiger partial charge in [-0.25, -0.2) is 0 Å². The lowest BCUT2D eigenvalue weighted by Crippen LogP contribution is -2.46. The lowest BCUT2D eigenvalue weighted by Gasteiger charge is -2.25. The molecule has 2 fully saturated rings. The fourth-order valence-electron chi connectivity index (χ4n) is 2.72. The fraction of sp³-hybridized carbons (Fsp3) is 0.714. The minimum absolute atomic E-state index is 0.0931. The monoisotopic (exact) mass is 296 g/mol. The molecule has 2 rings (SSSR count). The molecule has 7 nitrogen and oxygen atoms in total. The van der Waals surface area contributed by atoms with Crippen molar-refractivity contribution in [1.29, 1.82) is 0 Å². The van der Waals surface area contributed by atoms with Crippen LogP contribution in [0.4, 0.5) is 0 Å². The maximum Gasteiger partial charge on any atom is 0.239 e. The number of aliphatic hydroxyl groups is 1. The average molecular weight is 296 g/mol. The van der Waals surface area contributed by atoms with Gasteiger partial charge >= 0.3 is 0 Å². The highest BCUT2D eigenvalue weighted by Gasteiger charge is 2.52. The molecule has 4 amide bonds. The van der Waals surface area contributed by atoms with Crippen molar-refractivity contribution in [1.82, 2.24) is 9.80 Å². The molecule has 0 radical (unpaired) electrons. The van der Waals surface area contributed by atoms with E-state index < -0.39 is 29.3 Å². The number of aliphatic hydroxyl groups excluding tert-OH is 1. The first-order chi connectivity index (χ1) is 9.68. The Hall–Kier alpha value is -1.76. The van der Waals surface area contributed by atoms with E-state index in [2.05, 4.69) is 0 Å². The SMILES string of the molecule is CCC1(C)CC(=O)N(CN2C(=O)CC(C)(CO)C2=O)C1=O. The molecule has 0 aromatic rings. The number of imide groups is 2. The summed E-state index contributed by atoms with van der Waals surface area (Å²) in [5.41, 5.74) is -1.92. The van der Waals surface area contributed by atoms with E-state index in [4.69, 9.17) is 0 Å². The van der Waals surface area contributed by atoms with Crippen LogP contribution in [0.5, 0.6) is 0 Å². The molecular weight excluding hydrogens is 276 g/mol. The molecule has 21 heavy (non-hydrogen) atoms. The topological polar surface area (TPSA) is 95.0 Å². The zero-order chi connectivity index (χ0) is 16.0. The van der Waals surface area contributed by atoms with Crippen LogP contribution in [0.25, 0.3) is 0 Å². The van der Waals surface area contributed by atoms with Crippen LogP contribution in [0.15, 0.2) is 0 Å². The molecule has 2 heterocycles. The minimum Gasteiger partial charge on any atom is -0.395 e. The second-order valence-electron chi connectivity index (χ2n) is 6.38. The van der Waals surface area contributed by atoms with Crippen molar-refractivity contribution in [3.8, 4) is 0 Å². The van der Waals surface area contributed by atoms with Crippen LogP contribution in [0.1, 0.15) is 40.0 Å². The summed E-state index contributed by atoms with van der Waals surface area (Å²) in [6, 6.07) is 0. The highest BCUT2D eigenvalue weighted by molar-refractivity contribution is 6.09. The maximum atomic E-state index is 12.3. The van der Waals surface area contributed by atoms with Crippen molar-refractivity contribution in [3.63, 3.8) is 0 Å². The second-order valence-corrected chi connectivity index (χ2v) is 6.38. The van der Waals surface area contributed by atoms with Gasteiger partial charge in [0.1, 0.15) is 6.67 Å². The van der Waals surface area contributed by atoms with E-state index in [1.54, 1.807) is 6.92 Å². The second kappa shape index (κ2) is 4.91. The predicted molar refractivity (Wildman–Crippen MR) is 71.4 cm³/mol. The summed E-state index contributed by atoms with van der Waals surface area (Å²) >= 11 is 0. The van der Waals surface area contributed by atoms with Crippen LogP contribution >= 0.6 is 0 Å². The Balaban J connectivity index is 2.20. The quantitative estimate of drug-likeness (QED) is 0.730. The van der Waals surface area contributed by atoms with E-state index in [-0.39, 0.29) is 31.3 Å². The fourth-order valence-corrected chi connectivity index (χ4v) is 2.72. The first-order valence-corrected chi connectivity index (χ1v) is 6.99. The normalized spacial score (nSPS) is 33.5. The molecular formula is C14H20N2O5. The van der Waals surface area contributed by atoms with Crippen LogP contribution < -0.4 is 0 Å². The average Bonchev–Trinajstić information content (AvgIpc) is 2.79. The van der Waals surface area contributed by atoms with E-state index >= 15 is 0 Å². The van der Waals surface area contributed by atoms with Gasteiger partial charge in [0, 0.05) is 12.8 Å². The van der Waals surface area contributed by atoms with Gasteiger partial charge in [-0.3, -0.25) is 29.0 Å². The molecule has 0 aromatic carbocycles. The lowest BCUT2D eigenvalue weighted by atomic mass is 9.86. The molecule has 116 valence electrons. The van der Waals surface area contributed by atoms with Crippen molar-refractivity contribution in [2.75, 3.05) is 13.3 Å². The standard InChI is InChI=1S/C14H20N2O5/c1-4-13(2)5-9(18)15(11(13)20)8-16-10(19)6-14(3,7-17)12(16)21/h17H,4-8H2,1-3H3. The van der Waals surface area contributed by atoms with Gasteiger partial charge in [-0.2, -0.15) is 0 Å². The summed E-state index contributed by atoms with van der Waals surface area (Å²) in [5.74, 6) is -1.74. The van der Waals surface area contributed by atoms with E-state index in [9.17, 15) is 24.3 Å². The summed E-state index contributed by atoms with van der Waals surface area (Å²) in [5, 5.41) is 9.27. The Morgan fingerprint density at radius 3 is 1.71 bits per heavy atom. The van der Waals surface area contributed by atoms with Gasteiger partial charge in [-0.1, -0.05) is 13.8 Å². The van der Waals surface area contributed by atoms with Gasteiger partial charge in [0.25, 0.3) is 0 Å². The summed E-state index contributed by atoms with van der Waals surface area (Å²) in [6.07, 6.45) is 0.504. The lowest BCUT2D eigenvalue weighted by molar-refractivity contribution is -0.150. The molecule has 2 aliphatic rings. The molecule has 1 N–H and O–H groups in total. The molecule has 0 bridgehead atoms. The minimum atomic E-state index is -1.16. The summed E-state index contributed by atoms with van der Waals surface area (Å²) in [4.78, 5) is 50.3. The van der Waals surface area contributed by atoms with Crippen LogP contribution in [-0.4, -0.2) is 51.8 Å². The van der Waals surface area contributed by atoms with Gasteiger partial charge in [0.2, 0.25) is 23.6 Å². The smallest absolute Gasteiger partial charge is 0.239 e. The van der Waals surface area contributed by atoms with Crippen LogP contribution in [0.2, 0.25) is 0 Å². The summed E-state index contributed by atoms with van der Waals surface area (Å²) < 4.78 is 0. The van der Waals surface area contributed by atoms with Crippen molar-refractivity contribution in [3.05, 3.63) is 0 Å². The van der Waals surface area contributed by atoms with Gasteiger partial charge in [-0.05, 0) is 13.3 Å². The molecule has 2 saturated heterocycles. The van der Waals surface area contributed by atoms with Crippen LogP contribution in [-0.2, 0) is 19.2 Å². The molecule has 0 aromatic heterocycles. The number of hydrogen-bond donors (Lipinski definition) is 1. The van der Waals surface area contributed by atoms with Crippen molar-refractivity contribution < 1.29 is 24.3 Å². The first kappa shape index (κ1) is 15.6. The number of nitrogens with zero attached hydrogens (tertiary/aromatic N) is 2.